The summed E-state index contributed by atoms with van der Waals surface area (Å²) >= 11 is 12.3. The Morgan fingerprint density at radius 2 is 1.57 bits per heavy atom. The molecular formula is C19H19Cl2NO. The molecule has 0 radical (unpaired) electrons. The van der Waals surface area contributed by atoms with E-state index >= 15 is 0 Å². The highest BCUT2D eigenvalue weighted by molar-refractivity contribution is 6.53. The average Bonchev–Trinajstić information content (AvgIpc) is 3.06. The maximum Gasteiger partial charge on any atom is 0.229 e. The fourth-order valence-electron chi connectivity index (χ4n) is 2.70. The largest absolute Gasteiger partial charge is 0.345 e. The number of carbonyl (C=O) groups is 1. The third-order valence-electron chi connectivity index (χ3n) is 4.58. The molecule has 0 bridgehead atoms. The zero-order valence-corrected chi connectivity index (χ0v) is 14.7. The Hall–Kier alpha value is -1.51. The standard InChI is InChI=1S/C19H19Cl2NO/c1-13-8-10-15(11-9-13)16(14-6-4-3-5-7-14)22-17(23)18(2)12-19(18,20)21/h3-11,16H,12H2,1-2H3,(H,22,23)/t16-,18+/m0/s1. The van der Waals surface area contributed by atoms with Crippen LogP contribution in [0.25, 0.3) is 0 Å². The van der Waals surface area contributed by atoms with Gasteiger partial charge < -0.3 is 5.32 Å². The van der Waals surface area contributed by atoms with Crippen molar-refractivity contribution >= 4 is 29.1 Å². The van der Waals surface area contributed by atoms with E-state index in [-0.39, 0.29) is 11.9 Å². The zero-order chi connectivity index (χ0) is 16.7. The van der Waals surface area contributed by atoms with Crippen molar-refractivity contribution in [2.24, 2.45) is 5.41 Å². The molecule has 2 nitrogen and oxygen atoms in total. The lowest BCUT2D eigenvalue weighted by molar-refractivity contribution is -0.126. The van der Waals surface area contributed by atoms with E-state index in [9.17, 15) is 4.79 Å². The first-order chi connectivity index (χ1) is 10.8. The number of nitrogens with one attached hydrogen (secondary N) is 1. The molecule has 1 amide bonds. The van der Waals surface area contributed by atoms with Gasteiger partial charge in [-0.25, -0.2) is 0 Å². The second-order valence-electron chi connectivity index (χ2n) is 6.44. The van der Waals surface area contributed by atoms with Crippen molar-refractivity contribution in [2.45, 2.75) is 30.6 Å². The number of hydrogen-bond donors (Lipinski definition) is 1. The topological polar surface area (TPSA) is 29.1 Å². The Bertz CT molecular complexity index is 712. The molecule has 23 heavy (non-hydrogen) atoms. The maximum atomic E-state index is 12.7. The van der Waals surface area contributed by atoms with Gasteiger partial charge >= 0.3 is 0 Å². The van der Waals surface area contributed by atoms with Gasteiger partial charge in [-0.1, -0.05) is 60.2 Å². The molecule has 1 aliphatic carbocycles. The molecule has 1 aliphatic rings. The zero-order valence-electron chi connectivity index (χ0n) is 13.1. The van der Waals surface area contributed by atoms with Gasteiger partial charge in [-0.05, 0) is 31.4 Å². The Labute approximate surface area is 146 Å². The highest BCUT2D eigenvalue weighted by atomic mass is 35.5. The number of aryl methyl sites for hydroxylation is 1. The summed E-state index contributed by atoms with van der Waals surface area (Å²) in [5.41, 5.74) is 2.52. The van der Waals surface area contributed by atoms with Crippen LogP contribution in [0.3, 0.4) is 0 Å². The quantitative estimate of drug-likeness (QED) is 0.792. The first-order valence-electron chi connectivity index (χ1n) is 7.64. The predicted molar refractivity (Wildman–Crippen MR) is 94.8 cm³/mol. The number of hydrogen-bond acceptors (Lipinski definition) is 1. The SMILES string of the molecule is Cc1ccc([C@@H](NC(=O)[C@@]2(C)CC2(Cl)Cl)c2ccccc2)cc1. The lowest BCUT2D eigenvalue weighted by atomic mass is 9.96. The Morgan fingerprint density at radius 3 is 2.09 bits per heavy atom. The minimum Gasteiger partial charge on any atom is -0.345 e. The minimum absolute atomic E-state index is 0.114. The molecule has 4 heteroatoms. The number of carbonyl (C=O) groups excluding carboxylic acids is 1. The van der Waals surface area contributed by atoms with Crippen molar-refractivity contribution in [3.8, 4) is 0 Å². The fraction of sp³-hybridized carbons (Fsp3) is 0.316. The van der Waals surface area contributed by atoms with Crippen LogP contribution in [-0.4, -0.2) is 10.2 Å². The smallest absolute Gasteiger partial charge is 0.229 e. The van der Waals surface area contributed by atoms with E-state index in [4.69, 9.17) is 23.2 Å². The minimum atomic E-state index is -0.967. The van der Waals surface area contributed by atoms with Crippen molar-refractivity contribution in [1.82, 2.24) is 5.32 Å². The summed E-state index contributed by atoms with van der Waals surface area (Å²) in [4.78, 5) is 12.7. The lowest BCUT2D eigenvalue weighted by Crippen LogP contribution is -2.36. The summed E-state index contributed by atoms with van der Waals surface area (Å²) in [6, 6.07) is 17.9. The second kappa shape index (κ2) is 5.85. The molecule has 3 rings (SSSR count). The third kappa shape index (κ3) is 3.11. The van der Waals surface area contributed by atoms with E-state index in [0.29, 0.717) is 6.42 Å². The number of amides is 1. The summed E-state index contributed by atoms with van der Waals surface area (Å²) in [7, 11) is 0. The van der Waals surface area contributed by atoms with Crippen LogP contribution in [0.1, 0.15) is 36.1 Å². The van der Waals surface area contributed by atoms with E-state index in [1.807, 2.05) is 61.5 Å². The van der Waals surface area contributed by atoms with E-state index in [1.165, 1.54) is 5.56 Å². The van der Waals surface area contributed by atoms with Gasteiger partial charge in [0.1, 0.15) is 4.33 Å². The van der Waals surface area contributed by atoms with Gasteiger partial charge in [0.2, 0.25) is 5.91 Å². The van der Waals surface area contributed by atoms with Crippen LogP contribution in [0.5, 0.6) is 0 Å². The van der Waals surface area contributed by atoms with Crippen LogP contribution in [0.15, 0.2) is 54.6 Å². The molecule has 1 N–H and O–H groups in total. The first kappa shape index (κ1) is 16.4. The molecule has 2 atom stereocenters. The van der Waals surface area contributed by atoms with Crippen LogP contribution >= 0.6 is 23.2 Å². The summed E-state index contributed by atoms with van der Waals surface area (Å²) in [6.45, 7) is 3.85. The molecule has 0 unspecified atom stereocenters. The van der Waals surface area contributed by atoms with E-state index in [0.717, 1.165) is 11.1 Å². The highest BCUT2D eigenvalue weighted by Crippen LogP contribution is 2.64. The molecular weight excluding hydrogens is 329 g/mol. The monoisotopic (exact) mass is 347 g/mol. The lowest BCUT2D eigenvalue weighted by Gasteiger charge is -2.23. The summed E-state index contributed by atoms with van der Waals surface area (Å²) in [6.07, 6.45) is 0.477. The molecule has 0 aliphatic heterocycles. The van der Waals surface area contributed by atoms with Gasteiger partial charge in [0, 0.05) is 0 Å². The molecule has 0 aromatic heterocycles. The molecule has 0 heterocycles. The van der Waals surface area contributed by atoms with Crippen molar-refractivity contribution in [3.63, 3.8) is 0 Å². The van der Waals surface area contributed by atoms with Gasteiger partial charge in [-0.15, -0.1) is 23.2 Å². The molecule has 0 saturated heterocycles. The van der Waals surface area contributed by atoms with Crippen molar-refractivity contribution in [2.75, 3.05) is 0 Å². The Balaban J connectivity index is 1.90. The maximum absolute atomic E-state index is 12.7. The Morgan fingerprint density at radius 1 is 1.04 bits per heavy atom. The van der Waals surface area contributed by atoms with Crippen LogP contribution in [0, 0.1) is 12.3 Å². The fourth-order valence-corrected chi connectivity index (χ4v) is 3.41. The normalized spacial score (nSPS) is 23.1. The van der Waals surface area contributed by atoms with Gasteiger partial charge in [0.25, 0.3) is 0 Å². The molecule has 1 saturated carbocycles. The number of halogens is 2. The summed E-state index contributed by atoms with van der Waals surface area (Å²) in [5, 5.41) is 3.12. The van der Waals surface area contributed by atoms with Crippen molar-refractivity contribution in [3.05, 3.63) is 71.3 Å². The van der Waals surface area contributed by atoms with Crippen molar-refractivity contribution < 1.29 is 4.79 Å². The second-order valence-corrected chi connectivity index (χ2v) is 7.93. The van der Waals surface area contributed by atoms with Crippen LogP contribution in [-0.2, 0) is 4.79 Å². The van der Waals surface area contributed by atoms with Crippen LogP contribution < -0.4 is 5.32 Å². The molecule has 0 spiro atoms. The summed E-state index contributed by atoms with van der Waals surface area (Å²) in [5.74, 6) is -0.114. The van der Waals surface area contributed by atoms with E-state index in [1.54, 1.807) is 6.92 Å². The predicted octanol–water partition coefficient (Wildman–Crippen LogP) is 4.78. The molecule has 1 fully saturated rings. The van der Waals surface area contributed by atoms with Gasteiger partial charge in [0.15, 0.2) is 0 Å². The number of alkyl halides is 2. The molecule has 120 valence electrons. The first-order valence-corrected chi connectivity index (χ1v) is 8.39. The number of rotatable bonds is 4. The average molecular weight is 348 g/mol. The van der Waals surface area contributed by atoms with Crippen LogP contribution in [0.2, 0.25) is 0 Å². The molecule has 2 aromatic carbocycles. The highest BCUT2D eigenvalue weighted by Gasteiger charge is 2.68. The summed E-state index contributed by atoms with van der Waals surface area (Å²) < 4.78 is -0.967. The third-order valence-corrected chi connectivity index (χ3v) is 5.68. The molecule has 2 aromatic rings. The number of benzene rings is 2. The van der Waals surface area contributed by atoms with Gasteiger partial charge in [-0.3, -0.25) is 4.79 Å². The van der Waals surface area contributed by atoms with E-state index in [2.05, 4.69) is 5.32 Å². The van der Waals surface area contributed by atoms with Gasteiger partial charge in [-0.2, -0.15) is 0 Å². The van der Waals surface area contributed by atoms with E-state index < -0.39 is 9.75 Å². The van der Waals surface area contributed by atoms with Crippen LogP contribution in [0.4, 0.5) is 0 Å². The Kier molecular flexibility index (Phi) is 4.16. The van der Waals surface area contributed by atoms with Crippen molar-refractivity contribution in [1.29, 1.82) is 0 Å². The van der Waals surface area contributed by atoms with Gasteiger partial charge in [0.05, 0.1) is 11.5 Å².